The van der Waals surface area contributed by atoms with Crippen LogP contribution in [0.1, 0.15) is 13.3 Å². The van der Waals surface area contributed by atoms with Gasteiger partial charge in [0, 0.05) is 43.7 Å². The largest absolute Gasteiger partial charge is 0.488 e. The second-order valence-corrected chi connectivity index (χ2v) is 7.85. The van der Waals surface area contributed by atoms with E-state index in [0.717, 1.165) is 54.5 Å². The van der Waals surface area contributed by atoms with Crippen LogP contribution in [0.15, 0.2) is 42.9 Å². The number of nitrogens with zero attached hydrogens (tertiary/aromatic N) is 4. The van der Waals surface area contributed by atoms with E-state index in [0.29, 0.717) is 13.0 Å². The molecular weight excluding hydrogens is 382 g/mol. The Morgan fingerprint density at radius 2 is 2.13 bits per heavy atom. The lowest BCUT2D eigenvalue weighted by atomic mass is 10.0. The third-order valence-electron chi connectivity index (χ3n) is 5.88. The number of carbonyl (C=O) groups excluding carboxylic acids is 1. The van der Waals surface area contributed by atoms with Gasteiger partial charge in [-0.05, 0) is 31.2 Å². The van der Waals surface area contributed by atoms with Crippen LogP contribution in [0.25, 0.3) is 16.8 Å². The molecule has 2 atom stereocenters. The van der Waals surface area contributed by atoms with Crippen LogP contribution in [-0.4, -0.2) is 59.5 Å². The van der Waals surface area contributed by atoms with E-state index >= 15 is 0 Å². The summed E-state index contributed by atoms with van der Waals surface area (Å²) in [5.41, 5.74) is 3.79. The topological polar surface area (TPSA) is 81.0 Å². The number of fused-ring (bicyclic) bond motifs is 1. The van der Waals surface area contributed by atoms with Gasteiger partial charge >= 0.3 is 0 Å². The van der Waals surface area contributed by atoms with Gasteiger partial charge in [0.2, 0.25) is 5.91 Å². The van der Waals surface area contributed by atoms with Gasteiger partial charge < -0.3 is 19.7 Å². The Labute approximate surface area is 174 Å². The van der Waals surface area contributed by atoms with Crippen molar-refractivity contribution in [3.8, 4) is 17.0 Å². The molecule has 2 aliphatic rings. The molecule has 0 bridgehead atoms. The van der Waals surface area contributed by atoms with Crippen LogP contribution < -0.4 is 15.0 Å². The highest BCUT2D eigenvalue weighted by atomic mass is 16.5. The zero-order valence-electron chi connectivity index (χ0n) is 17.0. The molecule has 5 rings (SSSR count). The van der Waals surface area contributed by atoms with Gasteiger partial charge in [0.05, 0.1) is 37.0 Å². The van der Waals surface area contributed by atoms with E-state index in [-0.39, 0.29) is 17.9 Å². The zero-order chi connectivity index (χ0) is 20.5. The summed E-state index contributed by atoms with van der Waals surface area (Å²) in [7, 11) is 0. The van der Waals surface area contributed by atoms with E-state index in [1.807, 2.05) is 42.0 Å². The van der Waals surface area contributed by atoms with Gasteiger partial charge in [-0.2, -0.15) is 5.10 Å². The maximum absolute atomic E-state index is 11.6. The summed E-state index contributed by atoms with van der Waals surface area (Å²) in [4.78, 5) is 18.5. The first kappa shape index (κ1) is 18.9. The van der Waals surface area contributed by atoms with Crippen molar-refractivity contribution in [2.24, 2.45) is 5.92 Å². The summed E-state index contributed by atoms with van der Waals surface area (Å²) < 4.78 is 13.5. The fourth-order valence-electron chi connectivity index (χ4n) is 4.05. The Hall–Kier alpha value is -3.13. The molecule has 0 aromatic carbocycles. The number of anilines is 1. The number of rotatable bonds is 5. The van der Waals surface area contributed by atoms with Crippen molar-refractivity contribution in [2.45, 2.75) is 19.4 Å². The van der Waals surface area contributed by atoms with Gasteiger partial charge in [0.25, 0.3) is 0 Å². The molecule has 2 aliphatic heterocycles. The van der Waals surface area contributed by atoms with E-state index in [1.165, 1.54) is 0 Å². The average molecular weight is 407 g/mol. The van der Waals surface area contributed by atoms with Gasteiger partial charge in [-0.15, -0.1) is 0 Å². The summed E-state index contributed by atoms with van der Waals surface area (Å²) in [6.45, 7) is 5.93. The van der Waals surface area contributed by atoms with Crippen molar-refractivity contribution < 1.29 is 14.3 Å². The smallest absolute Gasteiger partial charge is 0.220 e. The number of aromatic nitrogens is 3. The predicted molar refractivity (Wildman–Crippen MR) is 113 cm³/mol. The molecule has 1 amide bonds. The first-order valence-electron chi connectivity index (χ1n) is 10.4. The molecular formula is C22H25N5O3. The van der Waals surface area contributed by atoms with Crippen molar-refractivity contribution in [1.82, 2.24) is 19.9 Å². The third-order valence-corrected chi connectivity index (χ3v) is 5.88. The molecule has 8 heteroatoms. The van der Waals surface area contributed by atoms with Crippen molar-refractivity contribution in [1.29, 1.82) is 0 Å². The number of hydrogen-bond acceptors (Lipinski definition) is 6. The molecule has 156 valence electrons. The number of pyridine rings is 2. The summed E-state index contributed by atoms with van der Waals surface area (Å²) in [6.07, 6.45) is 6.04. The lowest BCUT2D eigenvalue weighted by molar-refractivity contribution is -0.119. The van der Waals surface area contributed by atoms with Crippen LogP contribution in [0.4, 0.5) is 5.69 Å². The normalized spacial score (nSPS) is 20.4. The van der Waals surface area contributed by atoms with Crippen LogP contribution in [0.5, 0.6) is 5.75 Å². The minimum absolute atomic E-state index is 0.0864. The highest BCUT2D eigenvalue weighted by Crippen LogP contribution is 2.30. The second-order valence-electron chi connectivity index (χ2n) is 7.85. The standard InChI is InChI=1S/C22H25N5O3/c1-15(16-11-22(28)24-12-16)30-21-10-17(14-27-20(21)4-5-25-27)19-3-2-18(13-23-19)26-6-8-29-9-7-26/h2-5,10,13-16H,6-9,11-12H2,1H3,(H,24,28)/t15-,16-/m1/s1. The zero-order valence-corrected chi connectivity index (χ0v) is 17.0. The predicted octanol–water partition coefficient (Wildman–Crippen LogP) is 2.14. The second kappa shape index (κ2) is 7.95. The van der Waals surface area contributed by atoms with E-state index in [2.05, 4.69) is 26.4 Å². The van der Waals surface area contributed by atoms with Gasteiger partial charge in [-0.3, -0.25) is 9.78 Å². The van der Waals surface area contributed by atoms with Gasteiger partial charge in [-0.1, -0.05) is 0 Å². The van der Waals surface area contributed by atoms with E-state index in [9.17, 15) is 4.79 Å². The van der Waals surface area contributed by atoms with E-state index < -0.39 is 0 Å². The highest BCUT2D eigenvalue weighted by Gasteiger charge is 2.28. The van der Waals surface area contributed by atoms with Gasteiger partial charge in [0.15, 0.2) is 0 Å². The van der Waals surface area contributed by atoms with Crippen molar-refractivity contribution in [3.05, 3.63) is 42.9 Å². The third kappa shape index (κ3) is 3.70. The van der Waals surface area contributed by atoms with E-state index in [1.54, 1.807) is 6.20 Å². The monoisotopic (exact) mass is 407 g/mol. The number of morpholine rings is 1. The average Bonchev–Trinajstić information content (AvgIpc) is 3.43. The Morgan fingerprint density at radius 1 is 1.27 bits per heavy atom. The molecule has 3 aromatic rings. The van der Waals surface area contributed by atoms with Crippen LogP contribution in [0, 0.1) is 5.92 Å². The summed E-state index contributed by atoms with van der Waals surface area (Å²) >= 11 is 0. The first-order chi connectivity index (χ1) is 14.7. The Kier molecular flexibility index (Phi) is 5.00. The van der Waals surface area contributed by atoms with Crippen LogP contribution >= 0.6 is 0 Å². The fourth-order valence-corrected chi connectivity index (χ4v) is 4.05. The van der Waals surface area contributed by atoms with Gasteiger partial charge in [0.1, 0.15) is 17.4 Å². The summed E-state index contributed by atoms with van der Waals surface area (Å²) in [5, 5.41) is 7.27. The molecule has 0 saturated carbocycles. The number of hydrogen-bond donors (Lipinski definition) is 1. The first-order valence-corrected chi connectivity index (χ1v) is 10.4. The maximum atomic E-state index is 11.6. The molecule has 8 nitrogen and oxygen atoms in total. The van der Waals surface area contributed by atoms with E-state index in [4.69, 9.17) is 9.47 Å². The number of amides is 1. The maximum Gasteiger partial charge on any atom is 0.220 e. The van der Waals surface area contributed by atoms with Crippen molar-refractivity contribution in [2.75, 3.05) is 37.7 Å². The SMILES string of the molecule is C[C@@H](Oc1cc(-c2ccc(N3CCOCC3)cn2)cn2nccc12)[C@H]1CNC(=O)C1. The Morgan fingerprint density at radius 3 is 2.87 bits per heavy atom. The number of nitrogens with one attached hydrogen (secondary N) is 1. The van der Waals surface area contributed by atoms with Crippen molar-refractivity contribution >= 4 is 17.1 Å². The lowest BCUT2D eigenvalue weighted by Crippen LogP contribution is -2.36. The Balaban J connectivity index is 1.41. The number of ether oxygens (including phenoxy) is 2. The lowest BCUT2D eigenvalue weighted by Gasteiger charge is -2.28. The number of carbonyl (C=O) groups is 1. The Bertz CT molecular complexity index is 1040. The minimum Gasteiger partial charge on any atom is -0.488 e. The molecule has 0 radical (unpaired) electrons. The molecule has 5 heterocycles. The molecule has 1 N–H and O–H groups in total. The van der Waals surface area contributed by atoms with Crippen LogP contribution in [0.3, 0.4) is 0 Å². The van der Waals surface area contributed by atoms with Gasteiger partial charge in [-0.25, -0.2) is 4.52 Å². The highest BCUT2D eigenvalue weighted by molar-refractivity contribution is 5.78. The molecule has 0 spiro atoms. The summed E-state index contributed by atoms with van der Waals surface area (Å²) in [5.74, 6) is 0.995. The molecule has 30 heavy (non-hydrogen) atoms. The quantitative estimate of drug-likeness (QED) is 0.698. The molecule has 3 aromatic heterocycles. The fraction of sp³-hybridized carbons (Fsp3) is 0.409. The summed E-state index contributed by atoms with van der Waals surface area (Å²) in [6, 6.07) is 8.06. The molecule has 0 unspecified atom stereocenters. The van der Waals surface area contributed by atoms with Crippen molar-refractivity contribution in [3.63, 3.8) is 0 Å². The van der Waals surface area contributed by atoms with Crippen LogP contribution in [0.2, 0.25) is 0 Å². The molecule has 2 fully saturated rings. The molecule has 0 aliphatic carbocycles. The molecule has 2 saturated heterocycles. The van der Waals surface area contributed by atoms with Crippen LogP contribution in [-0.2, 0) is 9.53 Å². The minimum atomic E-state index is -0.0884.